The number of nitrogens with zero attached hydrogens (tertiary/aromatic N) is 2. The van der Waals surface area contributed by atoms with Crippen LogP contribution in [0.2, 0.25) is 5.02 Å². The second-order valence-electron chi connectivity index (χ2n) is 8.94. The predicted molar refractivity (Wildman–Crippen MR) is 140 cm³/mol. The van der Waals surface area contributed by atoms with E-state index in [1.807, 2.05) is 0 Å². The molecule has 1 heterocycles. The molecule has 1 N–H and O–H groups in total. The van der Waals surface area contributed by atoms with Crippen LogP contribution in [0, 0.1) is 13.8 Å². The normalized spacial score (nSPS) is 14.3. The summed E-state index contributed by atoms with van der Waals surface area (Å²) in [4.78, 5) is 2.58. The number of phenols is 1. The minimum absolute atomic E-state index is 0.0625. The van der Waals surface area contributed by atoms with E-state index in [1.165, 1.54) is 17.1 Å². The Bertz CT molecular complexity index is 1270. The number of phenolic OH excluding ortho intramolecular Hbond substituents is 1. The number of aromatic hydroxyl groups is 1. The topological polar surface area (TPSA) is 70.1 Å². The fourth-order valence-corrected chi connectivity index (χ4v) is 6.26. The van der Waals surface area contributed by atoms with Gasteiger partial charge in [-0.25, -0.2) is 8.42 Å². The van der Waals surface area contributed by atoms with E-state index in [4.69, 9.17) is 16.3 Å². The highest BCUT2D eigenvalue weighted by molar-refractivity contribution is 7.92. The van der Waals surface area contributed by atoms with Gasteiger partial charge in [0.15, 0.2) is 0 Å². The number of anilines is 1. The molecule has 35 heavy (non-hydrogen) atoms. The lowest BCUT2D eigenvalue weighted by atomic mass is 10.2. The first-order valence-corrected chi connectivity index (χ1v) is 13.6. The molecule has 0 amide bonds. The van der Waals surface area contributed by atoms with Crippen molar-refractivity contribution in [2.75, 3.05) is 30.5 Å². The van der Waals surface area contributed by atoms with Crippen molar-refractivity contribution >= 4 is 27.3 Å². The summed E-state index contributed by atoms with van der Waals surface area (Å²) in [5.74, 6) is 0.779. The monoisotopic (exact) mass is 514 g/mol. The zero-order valence-corrected chi connectivity index (χ0v) is 21.6. The van der Waals surface area contributed by atoms with E-state index in [0.717, 1.165) is 19.6 Å². The molecule has 1 fully saturated rings. The molecule has 0 spiro atoms. The highest BCUT2D eigenvalue weighted by Gasteiger charge is 2.28. The number of aryl methyl sites for hydroxylation is 2. The van der Waals surface area contributed by atoms with Crippen molar-refractivity contribution in [2.24, 2.45) is 0 Å². The number of benzene rings is 3. The molecule has 0 atom stereocenters. The first-order chi connectivity index (χ1) is 16.7. The molecule has 3 aromatic carbocycles. The van der Waals surface area contributed by atoms with Crippen molar-refractivity contribution in [1.29, 1.82) is 0 Å². The Morgan fingerprint density at radius 3 is 2.40 bits per heavy atom. The van der Waals surface area contributed by atoms with E-state index < -0.39 is 10.0 Å². The summed E-state index contributed by atoms with van der Waals surface area (Å²) < 4.78 is 35.0. The van der Waals surface area contributed by atoms with Crippen LogP contribution >= 0.6 is 11.6 Å². The molecule has 4 rings (SSSR count). The molecule has 1 aliphatic heterocycles. The van der Waals surface area contributed by atoms with E-state index in [1.54, 1.807) is 74.5 Å². The van der Waals surface area contributed by atoms with Gasteiger partial charge < -0.3 is 9.84 Å². The van der Waals surface area contributed by atoms with Crippen LogP contribution in [0.4, 0.5) is 5.69 Å². The molecular weight excluding hydrogens is 484 g/mol. The van der Waals surface area contributed by atoms with Crippen molar-refractivity contribution in [3.8, 4) is 11.5 Å². The summed E-state index contributed by atoms with van der Waals surface area (Å²) in [6, 6.07) is 17.0. The van der Waals surface area contributed by atoms with Crippen LogP contribution in [0.15, 0.2) is 65.6 Å². The number of rotatable bonds is 9. The van der Waals surface area contributed by atoms with Crippen LogP contribution in [0.1, 0.15) is 29.5 Å². The van der Waals surface area contributed by atoms with Crippen molar-refractivity contribution < 1.29 is 18.3 Å². The van der Waals surface area contributed by atoms with E-state index >= 15 is 0 Å². The van der Waals surface area contributed by atoms with E-state index in [9.17, 15) is 13.5 Å². The molecule has 0 aliphatic carbocycles. The number of hydrogen-bond donors (Lipinski definition) is 1. The van der Waals surface area contributed by atoms with Crippen LogP contribution in [0.3, 0.4) is 0 Å². The van der Waals surface area contributed by atoms with Crippen LogP contribution in [-0.2, 0) is 16.6 Å². The zero-order chi connectivity index (χ0) is 25.0. The molecule has 0 unspecified atom stereocenters. The lowest BCUT2D eigenvalue weighted by Crippen LogP contribution is -2.31. The third-order valence-corrected chi connectivity index (χ3v) is 8.58. The standard InChI is InChI=1S/C27H31ClN2O4S/c1-20-17-27(21(2)16-26(20)28)35(32,33)30(19-22-6-5-7-24(31)18-22)23-8-10-25(11-9-23)34-15-14-29-12-3-4-13-29/h5-11,16-18,31H,3-4,12-15,19H2,1-2H3. The van der Waals surface area contributed by atoms with Gasteiger partial charge in [-0.2, -0.15) is 0 Å². The summed E-state index contributed by atoms with van der Waals surface area (Å²) >= 11 is 6.23. The molecule has 1 aliphatic rings. The van der Waals surface area contributed by atoms with Gasteiger partial charge in [0.25, 0.3) is 10.0 Å². The quantitative estimate of drug-likeness (QED) is 0.406. The predicted octanol–water partition coefficient (Wildman–Crippen LogP) is 5.53. The first-order valence-electron chi connectivity index (χ1n) is 11.8. The van der Waals surface area contributed by atoms with Crippen molar-refractivity contribution in [1.82, 2.24) is 4.90 Å². The molecular formula is C27H31ClN2O4S. The number of hydrogen-bond acceptors (Lipinski definition) is 5. The van der Waals surface area contributed by atoms with E-state index in [0.29, 0.717) is 39.8 Å². The number of halogens is 1. The van der Waals surface area contributed by atoms with Crippen LogP contribution < -0.4 is 9.04 Å². The van der Waals surface area contributed by atoms with Gasteiger partial charge in [0.2, 0.25) is 0 Å². The van der Waals surface area contributed by atoms with Gasteiger partial charge in [-0.15, -0.1) is 0 Å². The van der Waals surface area contributed by atoms with Crippen molar-refractivity contribution in [3.05, 3.63) is 82.4 Å². The maximum absolute atomic E-state index is 13.9. The van der Waals surface area contributed by atoms with E-state index in [-0.39, 0.29) is 17.2 Å². The molecule has 0 bridgehead atoms. The summed E-state index contributed by atoms with van der Waals surface area (Å²) in [6.45, 7) is 7.30. The first kappa shape index (κ1) is 25.4. The second-order valence-corrected chi connectivity index (χ2v) is 11.2. The molecule has 186 valence electrons. The average Bonchev–Trinajstić information content (AvgIpc) is 3.34. The highest BCUT2D eigenvalue weighted by Crippen LogP contribution is 2.32. The maximum Gasteiger partial charge on any atom is 0.264 e. The zero-order valence-electron chi connectivity index (χ0n) is 20.1. The lowest BCUT2D eigenvalue weighted by molar-refractivity contribution is 0.238. The van der Waals surface area contributed by atoms with Crippen molar-refractivity contribution in [3.63, 3.8) is 0 Å². The van der Waals surface area contributed by atoms with Gasteiger partial charge in [0.05, 0.1) is 17.1 Å². The average molecular weight is 515 g/mol. The maximum atomic E-state index is 13.9. The third-order valence-electron chi connectivity index (χ3n) is 6.26. The SMILES string of the molecule is Cc1cc(S(=O)(=O)N(Cc2cccc(O)c2)c2ccc(OCCN3CCCC3)cc2)c(C)cc1Cl. The Kier molecular flexibility index (Phi) is 7.89. The Labute approximate surface area is 212 Å². The minimum atomic E-state index is -3.93. The Morgan fingerprint density at radius 1 is 1.00 bits per heavy atom. The van der Waals surface area contributed by atoms with Crippen LogP contribution in [0.25, 0.3) is 0 Å². The minimum Gasteiger partial charge on any atom is -0.508 e. The molecule has 0 aromatic heterocycles. The molecule has 3 aromatic rings. The lowest BCUT2D eigenvalue weighted by Gasteiger charge is -2.26. The van der Waals surface area contributed by atoms with Crippen LogP contribution in [-0.4, -0.2) is 44.7 Å². The van der Waals surface area contributed by atoms with Gasteiger partial charge >= 0.3 is 0 Å². The molecule has 8 heteroatoms. The fraction of sp³-hybridized carbons (Fsp3) is 0.333. The van der Waals surface area contributed by atoms with Crippen LogP contribution in [0.5, 0.6) is 11.5 Å². The fourth-order valence-electron chi connectivity index (χ4n) is 4.29. The summed E-state index contributed by atoms with van der Waals surface area (Å²) in [5.41, 5.74) is 2.44. The Hall–Kier alpha value is -2.74. The largest absolute Gasteiger partial charge is 0.508 e. The number of sulfonamides is 1. The van der Waals surface area contributed by atoms with Gasteiger partial charge in [-0.3, -0.25) is 9.21 Å². The summed E-state index contributed by atoms with van der Waals surface area (Å²) in [7, 11) is -3.93. The van der Waals surface area contributed by atoms with E-state index in [2.05, 4.69) is 4.90 Å². The summed E-state index contributed by atoms with van der Waals surface area (Å²) in [6.07, 6.45) is 2.48. The highest BCUT2D eigenvalue weighted by atomic mass is 35.5. The third kappa shape index (κ3) is 6.10. The number of ether oxygens (including phenoxy) is 1. The smallest absolute Gasteiger partial charge is 0.264 e. The molecule has 1 saturated heterocycles. The Balaban J connectivity index is 1.62. The second kappa shape index (κ2) is 10.9. The molecule has 6 nitrogen and oxygen atoms in total. The van der Waals surface area contributed by atoms with Gasteiger partial charge in [0.1, 0.15) is 18.1 Å². The Morgan fingerprint density at radius 2 is 1.71 bits per heavy atom. The van der Waals surface area contributed by atoms with Gasteiger partial charge in [0, 0.05) is 11.6 Å². The van der Waals surface area contributed by atoms with Gasteiger partial charge in [-0.05, 0) is 105 Å². The summed E-state index contributed by atoms with van der Waals surface area (Å²) in [5, 5.41) is 10.4. The molecule has 0 radical (unpaired) electrons. The number of likely N-dealkylation sites (tertiary alicyclic amines) is 1. The van der Waals surface area contributed by atoms with Gasteiger partial charge in [-0.1, -0.05) is 23.7 Å². The molecule has 0 saturated carbocycles. The van der Waals surface area contributed by atoms with Crippen molar-refractivity contribution in [2.45, 2.75) is 38.1 Å².